The lowest BCUT2D eigenvalue weighted by Gasteiger charge is -2.31. The number of nitrogens with zero attached hydrogens (tertiary/aromatic N) is 4. The number of rotatable bonds is 5. The standard InChI is InChI=1S/C20H28BrN5O/c1-22-20(25(3)15-18-12-17(21)14-24(18)2)23-13-16-6-4-5-7-19(16)26-8-10-27-11-9-26/h4-7,12,14H,8-11,13,15H2,1-3H3,(H,22,23). The largest absolute Gasteiger partial charge is 0.378 e. The van der Waals surface area contributed by atoms with Crippen LogP contribution >= 0.6 is 15.9 Å². The molecule has 0 bridgehead atoms. The van der Waals surface area contributed by atoms with Crippen molar-refractivity contribution in [2.45, 2.75) is 13.1 Å². The SMILES string of the molecule is CN=C(NCc1ccccc1N1CCOCC1)N(C)Cc1cc(Br)cn1C. The number of ether oxygens (including phenoxy) is 1. The van der Waals surface area contributed by atoms with Crippen LogP contribution in [0.3, 0.4) is 0 Å². The van der Waals surface area contributed by atoms with Gasteiger partial charge in [-0.05, 0) is 33.6 Å². The van der Waals surface area contributed by atoms with Gasteiger partial charge in [-0.25, -0.2) is 0 Å². The van der Waals surface area contributed by atoms with Crippen LogP contribution < -0.4 is 10.2 Å². The molecule has 0 atom stereocenters. The van der Waals surface area contributed by atoms with Crippen LogP contribution in [0.5, 0.6) is 0 Å². The number of halogens is 1. The zero-order chi connectivity index (χ0) is 19.2. The lowest BCUT2D eigenvalue weighted by Crippen LogP contribution is -2.39. The van der Waals surface area contributed by atoms with E-state index >= 15 is 0 Å². The summed E-state index contributed by atoms with van der Waals surface area (Å²) in [5.41, 5.74) is 3.77. The Morgan fingerprint density at radius 3 is 2.70 bits per heavy atom. The summed E-state index contributed by atoms with van der Waals surface area (Å²) in [4.78, 5) is 8.99. The van der Waals surface area contributed by atoms with Crippen LogP contribution in [-0.2, 0) is 24.9 Å². The average molecular weight is 434 g/mol. The van der Waals surface area contributed by atoms with Gasteiger partial charge >= 0.3 is 0 Å². The summed E-state index contributed by atoms with van der Waals surface area (Å²) in [5, 5.41) is 3.51. The minimum atomic E-state index is 0.737. The number of aliphatic imine (C=N–C) groups is 1. The van der Waals surface area contributed by atoms with Gasteiger partial charge < -0.3 is 24.4 Å². The number of anilines is 1. The number of aryl methyl sites for hydroxylation is 1. The zero-order valence-electron chi connectivity index (χ0n) is 16.3. The van der Waals surface area contributed by atoms with E-state index in [1.165, 1.54) is 16.9 Å². The van der Waals surface area contributed by atoms with E-state index in [4.69, 9.17) is 4.74 Å². The number of morpholine rings is 1. The number of para-hydroxylation sites is 1. The van der Waals surface area contributed by atoms with Crippen molar-refractivity contribution in [1.29, 1.82) is 0 Å². The molecule has 1 aliphatic heterocycles. The van der Waals surface area contributed by atoms with Crippen LogP contribution in [0, 0.1) is 0 Å². The van der Waals surface area contributed by atoms with E-state index in [9.17, 15) is 0 Å². The van der Waals surface area contributed by atoms with Gasteiger partial charge in [0.2, 0.25) is 0 Å². The van der Waals surface area contributed by atoms with E-state index < -0.39 is 0 Å². The molecular weight excluding hydrogens is 406 g/mol. The van der Waals surface area contributed by atoms with Crippen LogP contribution in [0.4, 0.5) is 5.69 Å². The number of guanidine groups is 1. The van der Waals surface area contributed by atoms with Crippen molar-refractivity contribution in [2.75, 3.05) is 45.3 Å². The van der Waals surface area contributed by atoms with Crippen molar-refractivity contribution < 1.29 is 4.74 Å². The van der Waals surface area contributed by atoms with Crippen LogP contribution in [0.25, 0.3) is 0 Å². The number of hydrogen-bond donors (Lipinski definition) is 1. The summed E-state index contributed by atoms with van der Waals surface area (Å²) in [5.74, 6) is 0.879. The van der Waals surface area contributed by atoms with Crippen molar-refractivity contribution in [1.82, 2.24) is 14.8 Å². The van der Waals surface area contributed by atoms with Crippen molar-refractivity contribution >= 4 is 27.6 Å². The molecule has 0 aliphatic carbocycles. The Hall–Kier alpha value is -1.99. The van der Waals surface area contributed by atoms with E-state index in [1.807, 2.05) is 7.05 Å². The van der Waals surface area contributed by atoms with E-state index in [-0.39, 0.29) is 0 Å². The van der Waals surface area contributed by atoms with Crippen LogP contribution in [0.2, 0.25) is 0 Å². The second-order valence-electron chi connectivity index (χ2n) is 6.75. The molecule has 2 aromatic rings. The van der Waals surface area contributed by atoms with Crippen molar-refractivity contribution in [2.24, 2.45) is 12.0 Å². The maximum atomic E-state index is 5.49. The van der Waals surface area contributed by atoms with E-state index in [0.717, 1.165) is 49.8 Å². The molecule has 1 aromatic carbocycles. The number of hydrogen-bond acceptors (Lipinski definition) is 3. The zero-order valence-corrected chi connectivity index (χ0v) is 17.9. The topological polar surface area (TPSA) is 45.0 Å². The third kappa shape index (κ3) is 5.05. The summed E-state index contributed by atoms with van der Waals surface area (Å²) in [6.07, 6.45) is 2.07. The van der Waals surface area contributed by atoms with E-state index in [0.29, 0.717) is 0 Å². The van der Waals surface area contributed by atoms with Gasteiger partial charge in [-0.2, -0.15) is 0 Å². The second-order valence-corrected chi connectivity index (χ2v) is 7.66. The lowest BCUT2D eigenvalue weighted by molar-refractivity contribution is 0.122. The van der Waals surface area contributed by atoms with Gasteiger partial charge in [0, 0.05) is 62.8 Å². The van der Waals surface area contributed by atoms with Gasteiger partial charge in [-0.15, -0.1) is 0 Å². The molecule has 1 fully saturated rings. The van der Waals surface area contributed by atoms with Crippen LogP contribution in [0.15, 0.2) is 46.0 Å². The van der Waals surface area contributed by atoms with E-state index in [1.54, 1.807) is 0 Å². The number of benzene rings is 1. The molecule has 2 heterocycles. The van der Waals surface area contributed by atoms with Crippen LogP contribution in [0.1, 0.15) is 11.3 Å². The highest BCUT2D eigenvalue weighted by atomic mass is 79.9. The van der Waals surface area contributed by atoms with Crippen molar-refractivity contribution in [3.8, 4) is 0 Å². The predicted molar refractivity (Wildman–Crippen MR) is 114 cm³/mol. The maximum absolute atomic E-state index is 5.49. The molecular formula is C20H28BrN5O. The number of aromatic nitrogens is 1. The van der Waals surface area contributed by atoms with Gasteiger partial charge in [0.25, 0.3) is 0 Å². The fraction of sp³-hybridized carbons (Fsp3) is 0.450. The quantitative estimate of drug-likeness (QED) is 0.581. The summed E-state index contributed by atoms with van der Waals surface area (Å²) < 4.78 is 8.71. The molecule has 146 valence electrons. The monoisotopic (exact) mass is 433 g/mol. The van der Waals surface area contributed by atoms with Gasteiger partial charge in [0.05, 0.1) is 19.8 Å². The van der Waals surface area contributed by atoms with Crippen molar-refractivity contribution in [3.63, 3.8) is 0 Å². The summed E-state index contributed by atoms with van der Waals surface area (Å²) >= 11 is 3.54. The molecule has 1 aromatic heterocycles. The minimum absolute atomic E-state index is 0.737. The third-order valence-electron chi connectivity index (χ3n) is 4.83. The minimum Gasteiger partial charge on any atom is -0.378 e. The molecule has 27 heavy (non-hydrogen) atoms. The highest BCUT2D eigenvalue weighted by Gasteiger charge is 2.15. The highest BCUT2D eigenvalue weighted by molar-refractivity contribution is 9.10. The Bertz CT molecular complexity index is 782. The second kappa shape index (κ2) is 9.28. The molecule has 0 amide bonds. The summed E-state index contributed by atoms with van der Waals surface area (Å²) in [6, 6.07) is 10.7. The Kier molecular flexibility index (Phi) is 6.79. The molecule has 1 aliphatic rings. The van der Waals surface area contributed by atoms with E-state index in [2.05, 4.69) is 91.2 Å². The molecule has 0 saturated carbocycles. The molecule has 0 radical (unpaired) electrons. The predicted octanol–water partition coefficient (Wildman–Crippen LogP) is 2.83. The van der Waals surface area contributed by atoms with Gasteiger partial charge in [-0.3, -0.25) is 4.99 Å². The molecule has 1 N–H and O–H groups in total. The van der Waals surface area contributed by atoms with Crippen molar-refractivity contribution in [3.05, 3.63) is 52.3 Å². The highest BCUT2D eigenvalue weighted by Crippen LogP contribution is 2.21. The Morgan fingerprint density at radius 1 is 1.30 bits per heavy atom. The molecule has 7 heteroatoms. The van der Waals surface area contributed by atoms with Crippen LogP contribution in [-0.4, -0.2) is 55.8 Å². The fourth-order valence-electron chi connectivity index (χ4n) is 3.37. The Labute approximate surface area is 169 Å². The van der Waals surface area contributed by atoms with Gasteiger partial charge in [0.1, 0.15) is 0 Å². The number of nitrogens with one attached hydrogen (secondary N) is 1. The Balaban J connectivity index is 1.65. The first-order valence-electron chi connectivity index (χ1n) is 9.21. The van der Waals surface area contributed by atoms with Gasteiger partial charge in [0.15, 0.2) is 5.96 Å². The average Bonchev–Trinajstić information content (AvgIpc) is 3.00. The fourth-order valence-corrected chi connectivity index (χ4v) is 3.94. The molecule has 0 unspecified atom stereocenters. The molecule has 6 nitrogen and oxygen atoms in total. The molecule has 0 spiro atoms. The summed E-state index contributed by atoms with van der Waals surface area (Å²) in [7, 11) is 5.94. The first-order chi connectivity index (χ1) is 13.1. The first-order valence-corrected chi connectivity index (χ1v) is 10.0. The lowest BCUT2D eigenvalue weighted by atomic mass is 10.1. The molecule has 1 saturated heterocycles. The third-order valence-corrected chi connectivity index (χ3v) is 5.26. The summed E-state index contributed by atoms with van der Waals surface area (Å²) in [6.45, 7) is 4.98. The Morgan fingerprint density at radius 2 is 2.04 bits per heavy atom. The van der Waals surface area contributed by atoms with Gasteiger partial charge in [-0.1, -0.05) is 18.2 Å². The first kappa shape index (κ1) is 19.8. The maximum Gasteiger partial charge on any atom is 0.194 e. The smallest absolute Gasteiger partial charge is 0.194 e. The normalized spacial score (nSPS) is 15.1. The molecule has 3 rings (SSSR count).